The van der Waals surface area contributed by atoms with Crippen molar-refractivity contribution >= 4 is 34.2 Å². The fraction of sp³-hybridized carbons (Fsp3) is 0.316. The van der Waals surface area contributed by atoms with Crippen molar-refractivity contribution in [1.29, 1.82) is 0 Å². The molecule has 126 valence electrons. The van der Waals surface area contributed by atoms with E-state index >= 15 is 0 Å². The highest BCUT2D eigenvalue weighted by atomic mass is 35.5. The number of imidazole rings is 1. The van der Waals surface area contributed by atoms with Gasteiger partial charge in [0.15, 0.2) is 0 Å². The van der Waals surface area contributed by atoms with E-state index in [1.165, 1.54) is 0 Å². The fourth-order valence-electron chi connectivity index (χ4n) is 2.92. The number of hydrogen-bond acceptors (Lipinski definition) is 2. The maximum Gasteiger partial charge on any atom is 0.127 e. The van der Waals surface area contributed by atoms with E-state index in [4.69, 9.17) is 33.9 Å². The van der Waals surface area contributed by atoms with Crippen LogP contribution in [-0.4, -0.2) is 9.55 Å². The summed E-state index contributed by atoms with van der Waals surface area (Å²) in [7, 11) is 0. The van der Waals surface area contributed by atoms with Crippen molar-refractivity contribution in [2.75, 3.05) is 0 Å². The van der Waals surface area contributed by atoms with Crippen molar-refractivity contribution in [2.24, 2.45) is 5.73 Å². The van der Waals surface area contributed by atoms with Gasteiger partial charge in [0, 0.05) is 10.0 Å². The molecule has 0 spiro atoms. The van der Waals surface area contributed by atoms with Gasteiger partial charge in [-0.25, -0.2) is 4.98 Å². The number of halogens is 2. The Bertz CT molecular complexity index is 842. The number of benzene rings is 2. The molecule has 0 saturated heterocycles. The van der Waals surface area contributed by atoms with E-state index in [0.29, 0.717) is 16.6 Å². The van der Waals surface area contributed by atoms with Crippen LogP contribution in [-0.2, 0) is 6.54 Å². The summed E-state index contributed by atoms with van der Waals surface area (Å²) >= 11 is 12.4. The predicted molar refractivity (Wildman–Crippen MR) is 102 cm³/mol. The van der Waals surface area contributed by atoms with E-state index < -0.39 is 0 Å². The quantitative estimate of drug-likeness (QED) is 0.622. The van der Waals surface area contributed by atoms with E-state index in [-0.39, 0.29) is 6.04 Å². The SMILES string of the molecule is CCCCC(N)c1nc2ccccc2n1Cc1ccc(Cl)cc1Cl. The zero-order chi connectivity index (χ0) is 17.1. The Morgan fingerprint density at radius 1 is 1.17 bits per heavy atom. The van der Waals surface area contributed by atoms with Gasteiger partial charge in [-0.1, -0.05) is 61.2 Å². The van der Waals surface area contributed by atoms with Crippen LogP contribution in [0.15, 0.2) is 42.5 Å². The Hall–Kier alpha value is -1.55. The minimum atomic E-state index is -0.0802. The molecule has 3 nitrogen and oxygen atoms in total. The second-order valence-electron chi connectivity index (χ2n) is 6.03. The Morgan fingerprint density at radius 2 is 1.96 bits per heavy atom. The van der Waals surface area contributed by atoms with Gasteiger partial charge >= 0.3 is 0 Å². The minimum absolute atomic E-state index is 0.0802. The molecule has 3 aromatic rings. The van der Waals surface area contributed by atoms with Crippen LogP contribution in [0, 0.1) is 0 Å². The number of unbranched alkanes of at least 4 members (excludes halogenated alkanes) is 1. The summed E-state index contributed by atoms with van der Waals surface area (Å²) in [6.07, 6.45) is 3.14. The van der Waals surface area contributed by atoms with Crippen LogP contribution in [0.5, 0.6) is 0 Å². The van der Waals surface area contributed by atoms with Gasteiger partial charge in [-0.05, 0) is 36.2 Å². The molecule has 2 aromatic carbocycles. The normalized spacial score (nSPS) is 12.7. The third-order valence-corrected chi connectivity index (χ3v) is 4.81. The number of rotatable bonds is 6. The van der Waals surface area contributed by atoms with Gasteiger partial charge in [0.2, 0.25) is 0 Å². The number of nitrogens with zero attached hydrogens (tertiary/aromatic N) is 2. The minimum Gasteiger partial charge on any atom is -0.322 e. The molecule has 2 N–H and O–H groups in total. The molecular weight excluding hydrogens is 341 g/mol. The van der Waals surface area contributed by atoms with Gasteiger partial charge in [-0.3, -0.25) is 0 Å². The molecule has 0 amide bonds. The zero-order valence-electron chi connectivity index (χ0n) is 13.7. The molecule has 0 aliphatic rings. The average molecular weight is 362 g/mol. The van der Waals surface area contributed by atoms with Crippen molar-refractivity contribution in [1.82, 2.24) is 9.55 Å². The van der Waals surface area contributed by atoms with Gasteiger partial charge in [0.25, 0.3) is 0 Å². The lowest BCUT2D eigenvalue weighted by molar-refractivity contribution is 0.552. The molecule has 24 heavy (non-hydrogen) atoms. The van der Waals surface area contributed by atoms with Crippen LogP contribution in [0.1, 0.15) is 43.6 Å². The van der Waals surface area contributed by atoms with Crippen LogP contribution in [0.3, 0.4) is 0 Å². The van der Waals surface area contributed by atoms with E-state index in [9.17, 15) is 0 Å². The maximum absolute atomic E-state index is 6.42. The summed E-state index contributed by atoms with van der Waals surface area (Å²) in [6.45, 7) is 2.80. The summed E-state index contributed by atoms with van der Waals surface area (Å²) in [5, 5.41) is 1.30. The number of aromatic nitrogens is 2. The third-order valence-electron chi connectivity index (χ3n) is 4.23. The molecule has 0 saturated carbocycles. The summed E-state index contributed by atoms with van der Waals surface area (Å²) in [6, 6.07) is 13.6. The largest absolute Gasteiger partial charge is 0.322 e. The summed E-state index contributed by atoms with van der Waals surface area (Å²) in [5.41, 5.74) is 9.47. The standard InChI is InChI=1S/C19H21Cl2N3/c1-2-3-6-16(22)19-23-17-7-4-5-8-18(17)24(19)12-13-9-10-14(20)11-15(13)21/h4-5,7-11,16H,2-3,6,12,22H2,1H3. The van der Waals surface area contributed by atoms with Crippen LogP contribution < -0.4 is 5.73 Å². The van der Waals surface area contributed by atoms with Gasteiger partial charge in [-0.15, -0.1) is 0 Å². The molecule has 1 heterocycles. The summed E-state index contributed by atoms with van der Waals surface area (Å²) < 4.78 is 2.17. The summed E-state index contributed by atoms with van der Waals surface area (Å²) in [5.74, 6) is 0.913. The van der Waals surface area contributed by atoms with Crippen LogP contribution in [0.4, 0.5) is 0 Å². The monoisotopic (exact) mass is 361 g/mol. The fourth-order valence-corrected chi connectivity index (χ4v) is 3.39. The Kier molecular flexibility index (Phi) is 5.44. The second-order valence-corrected chi connectivity index (χ2v) is 6.87. The van der Waals surface area contributed by atoms with Crippen molar-refractivity contribution in [3.05, 3.63) is 63.9 Å². The molecule has 3 rings (SSSR count). The zero-order valence-corrected chi connectivity index (χ0v) is 15.2. The molecule has 0 radical (unpaired) electrons. The van der Waals surface area contributed by atoms with E-state index in [1.54, 1.807) is 6.07 Å². The molecule has 1 aromatic heterocycles. The van der Waals surface area contributed by atoms with Crippen molar-refractivity contribution < 1.29 is 0 Å². The van der Waals surface area contributed by atoms with Gasteiger partial charge in [-0.2, -0.15) is 0 Å². The Morgan fingerprint density at radius 3 is 2.71 bits per heavy atom. The molecule has 0 bridgehead atoms. The molecule has 0 aliphatic carbocycles. The molecule has 1 unspecified atom stereocenters. The third kappa shape index (κ3) is 3.59. The van der Waals surface area contributed by atoms with E-state index in [1.807, 2.05) is 30.3 Å². The van der Waals surface area contributed by atoms with Crippen LogP contribution in [0.25, 0.3) is 11.0 Å². The Balaban J connectivity index is 2.03. The topological polar surface area (TPSA) is 43.8 Å². The van der Waals surface area contributed by atoms with E-state index in [0.717, 1.165) is 41.7 Å². The highest BCUT2D eigenvalue weighted by Gasteiger charge is 2.17. The lowest BCUT2D eigenvalue weighted by Gasteiger charge is -2.15. The van der Waals surface area contributed by atoms with Crippen LogP contribution in [0.2, 0.25) is 10.0 Å². The predicted octanol–water partition coefficient (Wildman–Crippen LogP) is 5.58. The molecule has 0 fully saturated rings. The van der Waals surface area contributed by atoms with Crippen LogP contribution >= 0.6 is 23.2 Å². The van der Waals surface area contributed by atoms with Gasteiger partial charge in [0.1, 0.15) is 5.82 Å². The number of hydrogen-bond donors (Lipinski definition) is 1. The number of fused-ring (bicyclic) bond motifs is 1. The lowest BCUT2D eigenvalue weighted by Crippen LogP contribution is -2.17. The number of nitrogens with two attached hydrogens (primary N) is 1. The lowest BCUT2D eigenvalue weighted by atomic mass is 10.1. The first-order chi connectivity index (χ1) is 11.6. The van der Waals surface area contributed by atoms with Gasteiger partial charge < -0.3 is 10.3 Å². The Labute approximate surface area is 152 Å². The first kappa shape index (κ1) is 17.3. The van der Waals surface area contributed by atoms with Gasteiger partial charge in [0.05, 0.1) is 23.6 Å². The summed E-state index contributed by atoms with van der Waals surface area (Å²) in [4.78, 5) is 4.78. The highest BCUT2D eigenvalue weighted by Crippen LogP contribution is 2.27. The van der Waals surface area contributed by atoms with E-state index in [2.05, 4.69) is 17.6 Å². The molecular formula is C19H21Cl2N3. The van der Waals surface area contributed by atoms with Crippen molar-refractivity contribution in [2.45, 2.75) is 38.8 Å². The second kappa shape index (κ2) is 7.56. The average Bonchev–Trinajstić information content (AvgIpc) is 2.94. The first-order valence-corrected chi connectivity index (χ1v) is 9.00. The highest BCUT2D eigenvalue weighted by molar-refractivity contribution is 6.35. The molecule has 0 aliphatic heterocycles. The molecule has 5 heteroatoms. The van der Waals surface area contributed by atoms with Crippen molar-refractivity contribution in [3.63, 3.8) is 0 Å². The first-order valence-electron chi connectivity index (χ1n) is 8.24. The molecule has 1 atom stereocenters. The maximum atomic E-state index is 6.42. The number of para-hydroxylation sites is 2. The smallest absolute Gasteiger partial charge is 0.127 e. The van der Waals surface area contributed by atoms with Crippen molar-refractivity contribution in [3.8, 4) is 0 Å².